The number of primary amides is 1. The Labute approximate surface area is 212 Å². The summed E-state index contributed by atoms with van der Waals surface area (Å²) in [6.45, 7) is 0.299. The number of carboxylic acids is 2. The number of carboxylic acid groups (broad SMARTS) is 2. The van der Waals surface area contributed by atoms with Crippen LogP contribution in [0, 0.1) is 0 Å². The molecule has 4 atom stereocenters. The first-order valence-corrected chi connectivity index (χ1v) is 11.5. The Balaban J connectivity index is 2.96. The van der Waals surface area contributed by atoms with Crippen molar-refractivity contribution in [3.8, 4) is 0 Å². The van der Waals surface area contributed by atoms with E-state index in [1.165, 1.54) is 12.5 Å². The largest absolute Gasteiger partial charge is 0.481 e. The second kappa shape index (κ2) is 15.8. The molecule has 12 N–H and O–H groups in total. The Morgan fingerprint density at radius 1 is 0.919 bits per heavy atom. The fraction of sp³-hybridized carbons (Fsp3) is 0.571. The maximum atomic E-state index is 12.9. The highest BCUT2D eigenvalue weighted by molar-refractivity contribution is 5.96. The Bertz CT molecular complexity index is 939. The van der Waals surface area contributed by atoms with Gasteiger partial charge in [0.1, 0.15) is 18.1 Å². The number of unbranched alkanes of at least 4 members (excludes halogenated alkanes) is 1. The number of nitrogens with zero attached hydrogens (tertiary/aromatic N) is 1. The van der Waals surface area contributed by atoms with Crippen LogP contribution in [0.2, 0.25) is 0 Å². The van der Waals surface area contributed by atoms with Crippen molar-refractivity contribution in [3.63, 3.8) is 0 Å². The number of nitrogens with one attached hydrogen (secondary N) is 4. The number of carbonyl (C=O) groups excluding carboxylic acids is 4. The first kappa shape index (κ1) is 31.0. The van der Waals surface area contributed by atoms with Crippen LogP contribution in [-0.4, -0.2) is 86.5 Å². The van der Waals surface area contributed by atoms with Crippen LogP contribution in [-0.2, 0) is 35.2 Å². The predicted octanol–water partition coefficient (Wildman–Crippen LogP) is -3.31. The van der Waals surface area contributed by atoms with Crippen LogP contribution in [0.25, 0.3) is 0 Å². The van der Waals surface area contributed by atoms with Crippen LogP contribution in [0.4, 0.5) is 0 Å². The van der Waals surface area contributed by atoms with E-state index in [4.69, 9.17) is 22.3 Å². The topological polar surface area (TPSA) is 286 Å². The minimum absolute atomic E-state index is 0.0522. The van der Waals surface area contributed by atoms with Crippen molar-refractivity contribution in [2.75, 3.05) is 6.54 Å². The van der Waals surface area contributed by atoms with Gasteiger partial charge in [0.15, 0.2) is 0 Å². The summed E-state index contributed by atoms with van der Waals surface area (Å²) >= 11 is 0. The van der Waals surface area contributed by atoms with Gasteiger partial charge in [-0.05, 0) is 32.2 Å². The zero-order chi connectivity index (χ0) is 28.0. The number of imidazole rings is 1. The van der Waals surface area contributed by atoms with Crippen molar-refractivity contribution in [3.05, 3.63) is 18.2 Å². The smallest absolute Gasteiger partial charge is 0.326 e. The van der Waals surface area contributed by atoms with Gasteiger partial charge in [0.25, 0.3) is 0 Å². The molecular formula is C21H34N8O8. The number of amides is 4. The molecule has 0 spiro atoms. The third-order valence-corrected chi connectivity index (χ3v) is 5.21. The normalized spacial score (nSPS) is 14.0. The maximum Gasteiger partial charge on any atom is 0.326 e. The molecule has 206 valence electrons. The molecule has 1 rings (SSSR count). The summed E-state index contributed by atoms with van der Waals surface area (Å²) in [6, 6.07) is -5.35. The van der Waals surface area contributed by atoms with Crippen molar-refractivity contribution in [2.24, 2.45) is 17.2 Å². The molecule has 0 aromatic carbocycles. The fourth-order valence-corrected chi connectivity index (χ4v) is 3.25. The molecule has 0 fully saturated rings. The number of hydrogen-bond donors (Lipinski definition) is 9. The SMILES string of the molecule is NCCCCC(NC(=O)C(CC(N)=O)NC(=O)C(N)Cc1cnc[nH]1)C(=O)NC(CCC(=O)O)C(=O)O. The second-order valence-electron chi connectivity index (χ2n) is 8.30. The van der Waals surface area contributed by atoms with Gasteiger partial charge < -0.3 is 48.3 Å². The van der Waals surface area contributed by atoms with Gasteiger partial charge in [0, 0.05) is 24.7 Å². The Kier molecular flexibility index (Phi) is 13.3. The summed E-state index contributed by atoms with van der Waals surface area (Å²) in [5.74, 6) is -6.18. The van der Waals surface area contributed by atoms with Gasteiger partial charge >= 0.3 is 11.9 Å². The first-order valence-electron chi connectivity index (χ1n) is 11.5. The number of rotatable bonds is 18. The monoisotopic (exact) mass is 526 g/mol. The van der Waals surface area contributed by atoms with E-state index in [0.717, 1.165) is 0 Å². The molecule has 1 heterocycles. The van der Waals surface area contributed by atoms with Crippen LogP contribution < -0.4 is 33.2 Å². The summed E-state index contributed by atoms with van der Waals surface area (Å²) in [5, 5.41) is 25.1. The molecule has 1 aromatic rings. The number of aromatic amines is 1. The molecule has 0 aliphatic rings. The minimum atomic E-state index is -1.51. The number of H-pyrrole nitrogens is 1. The molecule has 4 unspecified atom stereocenters. The highest BCUT2D eigenvalue weighted by Gasteiger charge is 2.31. The quantitative estimate of drug-likeness (QED) is 0.0853. The van der Waals surface area contributed by atoms with Crippen LogP contribution >= 0.6 is 0 Å². The minimum Gasteiger partial charge on any atom is -0.481 e. The molecule has 4 amide bonds. The summed E-state index contributed by atoms with van der Waals surface area (Å²) in [4.78, 5) is 78.7. The van der Waals surface area contributed by atoms with Crippen LogP contribution in [0.1, 0.15) is 44.2 Å². The van der Waals surface area contributed by atoms with Crippen LogP contribution in [0.5, 0.6) is 0 Å². The summed E-state index contributed by atoms with van der Waals surface area (Å²) < 4.78 is 0. The van der Waals surface area contributed by atoms with Crippen LogP contribution in [0.15, 0.2) is 12.5 Å². The third kappa shape index (κ3) is 12.0. The lowest BCUT2D eigenvalue weighted by atomic mass is 10.0. The van der Waals surface area contributed by atoms with Gasteiger partial charge in [0.2, 0.25) is 23.6 Å². The van der Waals surface area contributed by atoms with Gasteiger partial charge in [-0.3, -0.25) is 24.0 Å². The van der Waals surface area contributed by atoms with Crippen molar-refractivity contribution in [1.29, 1.82) is 0 Å². The van der Waals surface area contributed by atoms with Crippen molar-refractivity contribution < 1.29 is 39.0 Å². The van der Waals surface area contributed by atoms with E-state index in [1.807, 2.05) is 0 Å². The molecule has 0 aliphatic carbocycles. The lowest BCUT2D eigenvalue weighted by molar-refractivity contribution is -0.143. The van der Waals surface area contributed by atoms with E-state index in [0.29, 0.717) is 25.1 Å². The summed E-state index contributed by atoms with van der Waals surface area (Å²) in [5.41, 5.74) is 17.1. The van der Waals surface area contributed by atoms with Crippen LogP contribution in [0.3, 0.4) is 0 Å². The van der Waals surface area contributed by atoms with Gasteiger partial charge in [-0.25, -0.2) is 9.78 Å². The maximum absolute atomic E-state index is 12.9. The van der Waals surface area contributed by atoms with Gasteiger partial charge in [-0.2, -0.15) is 0 Å². The van der Waals surface area contributed by atoms with Crippen molar-refractivity contribution >= 4 is 35.6 Å². The molecule has 16 heteroatoms. The zero-order valence-corrected chi connectivity index (χ0v) is 20.1. The lowest BCUT2D eigenvalue weighted by Gasteiger charge is -2.24. The predicted molar refractivity (Wildman–Crippen MR) is 127 cm³/mol. The number of aliphatic carboxylic acids is 2. The van der Waals surface area contributed by atoms with E-state index in [-0.39, 0.29) is 19.3 Å². The molecule has 37 heavy (non-hydrogen) atoms. The molecule has 16 nitrogen and oxygen atoms in total. The average Bonchev–Trinajstić information content (AvgIpc) is 3.32. The summed E-state index contributed by atoms with van der Waals surface area (Å²) in [7, 11) is 0. The van der Waals surface area contributed by atoms with Gasteiger partial charge in [-0.1, -0.05) is 0 Å². The molecule has 0 radical (unpaired) electrons. The average molecular weight is 527 g/mol. The lowest BCUT2D eigenvalue weighted by Crippen LogP contribution is -2.58. The highest BCUT2D eigenvalue weighted by atomic mass is 16.4. The molecule has 0 bridgehead atoms. The van der Waals surface area contributed by atoms with Gasteiger partial charge in [0.05, 0.1) is 18.8 Å². The third-order valence-electron chi connectivity index (χ3n) is 5.21. The number of aromatic nitrogens is 2. The van der Waals surface area contributed by atoms with E-state index >= 15 is 0 Å². The number of nitrogens with two attached hydrogens (primary N) is 3. The van der Waals surface area contributed by atoms with E-state index in [2.05, 4.69) is 25.9 Å². The van der Waals surface area contributed by atoms with E-state index in [9.17, 15) is 33.9 Å². The number of hydrogen-bond acceptors (Lipinski definition) is 9. The first-order chi connectivity index (χ1) is 17.4. The fourth-order valence-electron chi connectivity index (χ4n) is 3.25. The molecule has 0 saturated heterocycles. The molecular weight excluding hydrogens is 492 g/mol. The Morgan fingerprint density at radius 2 is 1.54 bits per heavy atom. The zero-order valence-electron chi connectivity index (χ0n) is 20.1. The molecule has 0 aliphatic heterocycles. The second-order valence-corrected chi connectivity index (χ2v) is 8.30. The Morgan fingerprint density at radius 3 is 2.08 bits per heavy atom. The van der Waals surface area contributed by atoms with Crippen molar-refractivity contribution in [1.82, 2.24) is 25.9 Å². The van der Waals surface area contributed by atoms with Crippen molar-refractivity contribution in [2.45, 2.75) is 69.1 Å². The number of carbonyl (C=O) groups is 6. The van der Waals surface area contributed by atoms with E-state index < -0.39 is 72.6 Å². The standard InChI is InChI=1S/C21H34N8O8/c22-6-2-1-3-13(19(34)28-14(21(36)37)4-5-17(31)32)27-20(35)15(8-16(24)30)29-18(33)12(23)7-11-9-25-10-26-11/h9-10,12-15H,1-8,22-23H2,(H2,24,30)(H,25,26)(H,27,35)(H,28,34)(H,29,33)(H,31,32)(H,36,37). The summed E-state index contributed by atoms with van der Waals surface area (Å²) in [6.07, 6.45) is 2.37. The molecule has 1 aromatic heterocycles. The highest BCUT2D eigenvalue weighted by Crippen LogP contribution is 2.06. The van der Waals surface area contributed by atoms with E-state index in [1.54, 1.807) is 0 Å². The molecule has 0 saturated carbocycles. The Hall–Kier alpha value is -4.05. The van der Waals surface area contributed by atoms with Gasteiger partial charge in [-0.15, -0.1) is 0 Å².